The molecule has 0 aromatic carbocycles. The van der Waals surface area contributed by atoms with E-state index >= 15 is 0 Å². The van der Waals surface area contributed by atoms with Crippen LogP contribution in [0.15, 0.2) is 122 Å². The Kier molecular flexibility index (Phi) is 61.8. The molecule has 0 saturated heterocycles. The lowest BCUT2D eigenvalue weighted by atomic mass is 10.0. The molecule has 6 heteroatoms. The van der Waals surface area contributed by atoms with E-state index < -0.39 is 6.10 Å². The minimum absolute atomic E-state index is 0.0876. The Bertz CT molecular complexity index is 1620. The fraction of sp³-hybridized carbons (Fsp3) is 0.681. The van der Waals surface area contributed by atoms with Gasteiger partial charge in [0.2, 0.25) is 0 Å². The van der Waals surface area contributed by atoms with Gasteiger partial charge in [-0.25, -0.2) is 0 Å². The molecule has 6 nitrogen and oxygen atoms in total. The van der Waals surface area contributed by atoms with Gasteiger partial charge in [0.15, 0.2) is 6.10 Å². The van der Waals surface area contributed by atoms with Crippen LogP contribution >= 0.6 is 0 Å². The molecule has 0 bridgehead atoms. The molecule has 0 fully saturated rings. The molecule has 0 spiro atoms. The average molecular weight is 1080 g/mol. The van der Waals surface area contributed by atoms with Crippen LogP contribution in [-0.4, -0.2) is 37.2 Å². The molecule has 0 aromatic heterocycles. The number of hydrogen-bond acceptors (Lipinski definition) is 6. The number of rotatable bonds is 58. The standard InChI is InChI=1S/C72H120O6/c1-4-7-10-13-16-19-22-25-27-28-29-30-31-32-33-34-35-36-37-38-39-40-41-42-43-44-46-47-50-53-56-59-62-65-71(74)77-68-69(67-76-70(73)64-61-58-55-52-49-24-21-18-15-12-9-6-3)78-72(75)66-63-60-57-54-51-48-45-26-23-20-17-14-11-8-5-2/h7,10,16,18-19,21,25,27,29-30,32-33,35-36,38-39,41-42,44,46,69H,4-6,8-9,11-15,17,20,22-24,26,28,31,34,37,40,43,45,47-68H2,1-3H3/b10-7-,19-16-,21-18-,27-25-,30-29-,33-32-,36-35-,39-38-,42-41-,46-44-. The van der Waals surface area contributed by atoms with Gasteiger partial charge in [-0.3, -0.25) is 14.4 Å². The number of unbranched alkanes of at least 4 members (excludes halogenated alkanes) is 27. The van der Waals surface area contributed by atoms with Gasteiger partial charge in [-0.2, -0.15) is 0 Å². The van der Waals surface area contributed by atoms with E-state index in [1.54, 1.807) is 0 Å². The molecule has 0 amide bonds. The quantitative estimate of drug-likeness (QED) is 0.0261. The predicted octanol–water partition coefficient (Wildman–Crippen LogP) is 22.4. The molecule has 1 unspecified atom stereocenters. The van der Waals surface area contributed by atoms with E-state index in [0.717, 1.165) is 141 Å². The highest BCUT2D eigenvalue weighted by molar-refractivity contribution is 5.71. The SMILES string of the molecule is CC/C=C\C/C=C\C/C=C\C/C=C\C/C=C\C/C=C\C/C=C\C/C=C\C/C=C\CCCCCCCC(=O)OCC(COC(=O)CCCCCCC/C=C\CCCCC)OC(=O)CCCCCCCCCCCCCCCCC. The highest BCUT2D eigenvalue weighted by atomic mass is 16.6. The Labute approximate surface area is 482 Å². The van der Waals surface area contributed by atoms with Crippen LogP contribution in [0, 0.1) is 0 Å². The summed E-state index contributed by atoms with van der Waals surface area (Å²) in [6.07, 6.45) is 90.6. The molecule has 0 rings (SSSR count). The highest BCUT2D eigenvalue weighted by Crippen LogP contribution is 2.16. The van der Waals surface area contributed by atoms with Crippen molar-refractivity contribution in [3.8, 4) is 0 Å². The van der Waals surface area contributed by atoms with Crippen LogP contribution < -0.4 is 0 Å². The van der Waals surface area contributed by atoms with Crippen LogP contribution in [0.4, 0.5) is 0 Å². The molecule has 1 atom stereocenters. The van der Waals surface area contributed by atoms with Gasteiger partial charge in [-0.15, -0.1) is 0 Å². The first-order valence-electron chi connectivity index (χ1n) is 32.5. The lowest BCUT2D eigenvalue weighted by Crippen LogP contribution is -2.30. The molecule has 0 heterocycles. The van der Waals surface area contributed by atoms with Crippen molar-refractivity contribution in [3.05, 3.63) is 122 Å². The largest absolute Gasteiger partial charge is 0.462 e. The number of carbonyl (C=O) groups is 3. The van der Waals surface area contributed by atoms with E-state index in [1.165, 1.54) is 116 Å². The molecular weight excluding hydrogens is 961 g/mol. The van der Waals surface area contributed by atoms with Gasteiger partial charge in [0, 0.05) is 19.3 Å². The second-order valence-electron chi connectivity index (χ2n) is 21.3. The molecule has 444 valence electrons. The minimum atomic E-state index is -0.790. The molecule has 0 N–H and O–H groups in total. The minimum Gasteiger partial charge on any atom is -0.462 e. The Hall–Kier alpha value is -4.19. The summed E-state index contributed by atoms with van der Waals surface area (Å²) in [5.41, 5.74) is 0. The first-order chi connectivity index (χ1) is 38.5. The first kappa shape index (κ1) is 73.8. The average Bonchev–Trinajstić information content (AvgIpc) is 3.44. The Balaban J connectivity index is 4.29. The fourth-order valence-corrected chi connectivity index (χ4v) is 8.84. The van der Waals surface area contributed by atoms with Gasteiger partial charge in [-0.1, -0.05) is 284 Å². The first-order valence-corrected chi connectivity index (χ1v) is 32.5. The molecule has 0 aliphatic heterocycles. The summed E-state index contributed by atoms with van der Waals surface area (Å²) >= 11 is 0. The second kappa shape index (κ2) is 65.3. The topological polar surface area (TPSA) is 78.9 Å². The third-order valence-electron chi connectivity index (χ3n) is 13.7. The zero-order valence-electron chi connectivity index (χ0n) is 50.9. The van der Waals surface area contributed by atoms with Crippen molar-refractivity contribution in [2.45, 2.75) is 303 Å². The lowest BCUT2D eigenvalue weighted by molar-refractivity contribution is -0.167. The van der Waals surface area contributed by atoms with E-state index in [-0.39, 0.29) is 31.1 Å². The molecular formula is C72H120O6. The normalized spacial score (nSPS) is 12.9. The van der Waals surface area contributed by atoms with E-state index in [4.69, 9.17) is 14.2 Å². The van der Waals surface area contributed by atoms with Crippen molar-refractivity contribution in [1.82, 2.24) is 0 Å². The summed E-state index contributed by atoms with van der Waals surface area (Å²) < 4.78 is 16.9. The van der Waals surface area contributed by atoms with Crippen molar-refractivity contribution in [2.24, 2.45) is 0 Å². The molecule has 0 aliphatic rings. The summed E-state index contributed by atoms with van der Waals surface area (Å²) in [6, 6.07) is 0. The monoisotopic (exact) mass is 1080 g/mol. The van der Waals surface area contributed by atoms with Crippen molar-refractivity contribution in [2.75, 3.05) is 13.2 Å². The van der Waals surface area contributed by atoms with Gasteiger partial charge in [0.1, 0.15) is 13.2 Å². The maximum absolute atomic E-state index is 12.9. The van der Waals surface area contributed by atoms with Gasteiger partial charge in [0.25, 0.3) is 0 Å². The fourth-order valence-electron chi connectivity index (χ4n) is 8.84. The van der Waals surface area contributed by atoms with E-state index in [2.05, 4.69) is 142 Å². The summed E-state index contributed by atoms with van der Waals surface area (Å²) in [4.78, 5) is 38.2. The zero-order valence-corrected chi connectivity index (χ0v) is 50.9. The number of hydrogen-bond donors (Lipinski definition) is 0. The molecule has 78 heavy (non-hydrogen) atoms. The van der Waals surface area contributed by atoms with Gasteiger partial charge in [-0.05, 0) is 116 Å². The van der Waals surface area contributed by atoms with Gasteiger partial charge in [0.05, 0.1) is 0 Å². The molecule has 0 saturated carbocycles. The lowest BCUT2D eigenvalue weighted by Gasteiger charge is -2.18. The molecule has 0 aliphatic carbocycles. The van der Waals surface area contributed by atoms with Crippen LogP contribution in [0.3, 0.4) is 0 Å². The zero-order chi connectivity index (χ0) is 56.4. The Morgan fingerprint density at radius 2 is 0.500 bits per heavy atom. The van der Waals surface area contributed by atoms with E-state index in [9.17, 15) is 14.4 Å². The number of allylic oxidation sites excluding steroid dienone is 20. The smallest absolute Gasteiger partial charge is 0.306 e. The van der Waals surface area contributed by atoms with E-state index in [0.29, 0.717) is 19.3 Å². The summed E-state index contributed by atoms with van der Waals surface area (Å²) in [6.45, 7) is 6.49. The van der Waals surface area contributed by atoms with Crippen LogP contribution in [0.2, 0.25) is 0 Å². The van der Waals surface area contributed by atoms with Crippen molar-refractivity contribution < 1.29 is 28.6 Å². The molecule has 0 aromatic rings. The van der Waals surface area contributed by atoms with E-state index in [1.807, 2.05) is 0 Å². The summed E-state index contributed by atoms with van der Waals surface area (Å²) in [7, 11) is 0. The Morgan fingerprint density at radius 3 is 0.821 bits per heavy atom. The number of carbonyl (C=O) groups excluding carboxylic acids is 3. The highest BCUT2D eigenvalue weighted by Gasteiger charge is 2.19. The van der Waals surface area contributed by atoms with Crippen LogP contribution in [-0.2, 0) is 28.6 Å². The summed E-state index contributed by atoms with van der Waals surface area (Å²) in [5.74, 6) is -0.909. The maximum atomic E-state index is 12.9. The van der Waals surface area contributed by atoms with Gasteiger partial charge < -0.3 is 14.2 Å². The third kappa shape index (κ3) is 62.7. The van der Waals surface area contributed by atoms with Crippen LogP contribution in [0.1, 0.15) is 297 Å². The van der Waals surface area contributed by atoms with Crippen LogP contribution in [0.25, 0.3) is 0 Å². The van der Waals surface area contributed by atoms with Crippen molar-refractivity contribution in [1.29, 1.82) is 0 Å². The third-order valence-corrected chi connectivity index (χ3v) is 13.7. The number of ether oxygens (including phenoxy) is 3. The second-order valence-corrected chi connectivity index (χ2v) is 21.3. The van der Waals surface area contributed by atoms with Crippen molar-refractivity contribution in [3.63, 3.8) is 0 Å². The number of esters is 3. The maximum Gasteiger partial charge on any atom is 0.306 e. The van der Waals surface area contributed by atoms with Crippen molar-refractivity contribution >= 4 is 17.9 Å². The van der Waals surface area contributed by atoms with Crippen LogP contribution in [0.5, 0.6) is 0 Å². The van der Waals surface area contributed by atoms with Gasteiger partial charge >= 0.3 is 17.9 Å². The Morgan fingerprint density at radius 1 is 0.269 bits per heavy atom. The summed E-state index contributed by atoms with van der Waals surface area (Å²) in [5, 5.41) is 0. The molecule has 0 radical (unpaired) electrons. The predicted molar refractivity (Wildman–Crippen MR) is 339 cm³/mol.